The smallest absolute Gasteiger partial charge is 0.330 e. The van der Waals surface area contributed by atoms with Gasteiger partial charge in [-0.2, -0.15) is 0 Å². The summed E-state index contributed by atoms with van der Waals surface area (Å²) in [5.41, 5.74) is 1.06. The Morgan fingerprint density at radius 2 is 1.37 bits per heavy atom. The minimum absolute atomic E-state index is 0.323. The van der Waals surface area contributed by atoms with Gasteiger partial charge in [-0.1, -0.05) is 43.0 Å². The van der Waals surface area contributed by atoms with Gasteiger partial charge in [0.1, 0.15) is 23.0 Å². The van der Waals surface area contributed by atoms with Gasteiger partial charge in [-0.3, -0.25) is 0 Å². The Hall–Kier alpha value is -3.53. The maximum absolute atomic E-state index is 11.0. The minimum Gasteiger partial charge on any atom is -0.462 e. The molecule has 0 radical (unpaired) electrons. The summed E-state index contributed by atoms with van der Waals surface area (Å²) in [4.78, 5) is 11.0. The van der Waals surface area contributed by atoms with Crippen LogP contribution in [0.15, 0.2) is 91.5 Å². The predicted molar refractivity (Wildman–Crippen MR) is 104 cm³/mol. The average molecular weight is 360 g/mol. The zero-order valence-electron chi connectivity index (χ0n) is 14.8. The van der Waals surface area contributed by atoms with Crippen molar-refractivity contribution in [2.45, 2.75) is 6.42 Å². The molecule has 27 heavy (non-hydrogen) atoms. The monoisotopic (exact) mass is 360 g/mol. The summed E-state index contributed by atoms with van der Waals surface area (Å²) >= 11 is 0. The van der Waals surface area contributed by atoms with E-state index in [1.807, 2.05) is 78.9 Å². The summed E-state index contributed by atoms with van der Waals surface area (Å²) in [6.45, 7) is 3.69. The summed E-state index contributed by atoms with van der Waals surface area (Å²) in [7, 11) is 0. The highest BCUT2D eigenvalue weighted by Crippen LogP contribution is 2.28. The predicted octanol–water partition coefficient (Wildman–Crippen LogP) is 5.54. The lowest BCUT2D eigenvalue weighted by atomic mass is 10.1. The van der Waals surface area contributed by atoms with E-state index in [-0.39, 0.29) is 0 Å². The lowest BCUT2D eigenvalue weighted by molar-refractivity contribution is -0.137. The SMILES string of the molecule is C=CC(=O)OCCc1ccc(Oc2cccc(Oc3ccccc3)c2)cc1. The van der Waals surface area contributed by atoms with Crippen molar-refractivity contribution in [2.75, 3.05) is 6.61 Å². The van der Waals surface area contributed by atoms with Crippen molar-refractivity contribution in [2.24, 2.45) is 0 Å². The third-order valence-electron chi connectivity index (χ3n) is 3.75. The van der Waals surface area contributed by atoms with Gasteiger partial charge in [0.05, 0.1) is 6.61 Å². The first kappa shape index (κ1) is 18.3. The van der Waals surface area contributed by atoms with Crippen molar-refractivity contribution in [1.29, 1.82) is 0 Å². The number of ether oxygens (including phenoxy) is 3. The van der Waals surface area contributed by atoms with E-state index < -0.39 is 5.97 Å². The zero-order valence-corrected chi connectivity index (χ0v) is 14.8. The number of carbonyl (C=O) groups excluding carboxylic acids is 1. The highest BCUT2D eigenvalue weighted by Gasteiger charge is 2.03. The molecule has 3 rings (SSSR count). The highest BCUT2D eigenvalue weighted by molar-refractivity contribution is 5.81. The number of hydrogen-bond donors (Lipinski definition) is 0. The molecular formula is C23H20O4. The van der Waals surface area contributed by atoms with E-state index in [4.69, 9.17) is 14.2 Å². The molecule has 0 saturated heterocycles. The lowest BCUT2D eigenvalue weighted by Gasteiger charge is -2.10. The molecule has 4 nitrogen and oxygen atoms in total. The topological polar surface area (TPSA) is 44.8 Å². The van der Waals surface area contributed by atoms with Crippen LogP contribution in [0.25, 0.3) is 0 Å². The van der Waals surface area contributed by atoms with Crippen LogP contribution in [0.1, 0.15) is 5.56 Å². The lowest BCUT2D eigenvalue weighted by Crippen LogP contribution is -2.04. The van der Waals surface area contributed by atoms with Crippen LogP contribution in [-0.4, -0.2) is 12.6 Å². The molecule has 4 heteroatoms. The Bertz CT molecular complexity index is 886. The van der Waals surface area contributed by atoms with Crippen molar-refractivity contribution in [3.63, 3.8) is 0 Å². The van der Waals surface area contributed by atoms with Crippen LogP contribution in [0.2, 0.25) is 0 Å². The van der Waals surface area contributed by atoms with Crippen molar-refractivity contribution in [3.8, 4) is 23.0 Å². The van der Waals surface area contributed by atoms with Crippen molar-refractivity contribution >= 4 is 5.97 Å². The Balaban J connectivity index is 1.58. The van der Waals surface area contributed by atoms with Crippen LogP contribution in [0.4, 0.5) is 0 Å². The molecule has 136 valence electrons. The van der Waals surface area contributed by atoms with E-state index >= 15 is 0 Å². The quantitative estimate of drug-likeness (QED) is 0.391. The molecule has 0 spiro atoms. The van der Waals surface area contributed by atoms with Gasteiger partial charge in [0.25, 0.3) is 0 Å². The maximum atomic E-state index is 11.0. The van der Waals surface area contributed by atoms with E-state index in [0.717, 1.165) is 23.1 Å². The van der Waals surface area contributed by atoms with Crippen LogP contribution in [-0.2, 0) is 16.0 Å². The Morgan fingerprint density at radius 1 is 0.778 bits per heavy atom. The summed E-state index contributed by atoms with van der Waals surface area (Å²) in [5.74, 6) is 2.48. The molecule has 0 heterocycles. The summed E-state index contributed by atoms with van der Waals surface area (Å²) < 4.78 is 16.7. The van der Waals surface area contributed by atoms with Crippen molar-refractivity contribution in [1.82, 2.24) is 0 Å². The fourth-order valence-electron chi connectivity index (χ4n) is 2.41. The first-order chi connectivity index (χ1) is 13.2. The number of rotatable bonds is 8. The molecule has 0 atom stereocenters. The molecule has 0 aliphatic heterocycles. The van der Waals surface area contributed by atoms with Gasteiger partial charge in [-0.05, 0) is 42.0 Å². The van der Waals surface area contributed by atoms with Crippen molar-refractivity contribution in [3.05, 3.63) is 97.1 Å². The highest BCUT2D eigenvalue weighted by atomic mass is 16.5. The molecule has 3 aromatic carbocycles. The molecule has 0 aromatic heterocycles. The van der Waals surface area contributed by atoms with Gasteiger partial charge < -0.3 is 14.2 Å². The largest absolute Gasteiger partial charge is 0.462 e. The van der Waals surface area contributed by atoms with E-state index in [1.165, 1.54) is 0 Å². The Kier molecular flexibility index (Phi) is 6.26. The summed E-state index contributed by atoms with van der Waals surface area (Å²) in [6, 6.07) is 24.7. The second-order valence-electron chi connectivity index (χ2n) is 5.76. The number of benzene rings is 3. The van der Waals surface area contributed by atoms with Gasteiger partial charge >= 0.3 is 5.97 Å². The molecule has 3 aromatic rings. The van der Waals surface area contributed by atoms with Crippen molar-refractivity contribution < 1.29 is 19.0 Å². The molecule has 0 aliphatic rings. The molecule has 0 saturated carbocycles. The number of carbonyl (C=O) groups is 1. The fraction of sp³-hybridized carbons (Fsp3) is 0.0870. The second kappa shape index (κ2) is 9.25. The Labute approximate surface area is 158 Å². The van der Waals surface area contributed by atoms with Gasteiger partial charge in [0, 0.05) is 18.6 Å². The van der Waals surface area contributed by atoms with Crippen LogP contribution in [0.5, 0.6) is 23.0 Å². The van der Waals surface area contributed by atoms with E-state index in [2.05, 4.69) is 6.58 Å². The summed E-state index contributed by atoms with van der Waals surface area (Å²) in [5, 5.41) is 0. The number of esters is 1. The number of para-hydroxylation sites is 1. The first-order valence-corrected chi connectivity index (χ1v) is 8.62. The van der Waals surface area contributed by atoms with Crippen LogP contribution in [0.3, 0.4) is 0 Å². The summed E-state index contributed by atoms with van der Waals surface area (Å²) in [6.07, 6.45) is 1.80. The second-order valence-corrected chi connectivity index (χ2v) is 5.76. The molecule has 0 bridgehead atoms. The van der Waals surface area contributed by atoms with Gasteiger partial charge in [0.2, 0.25) is 0 Å². The standard InChI is InChI=1S/C23H20O4/c1-2-23(24)25-16-15-18-11-13-20(14-12-18)27-22-10-6-9-21(17-22)26-19-7-4-3-5-8-19/h2-14,17H,1,15-16H2. The molecular weight excluding hydrogens is 340 g/mol. The van der Waals surface area contributed by atoms with Gasteiger partial charge in [-0.25, -0.2) is 4.79 Å². The normalized spacial score (nSPS) is 10.1. The molecule has 0 unspecified atom stereocenters. The van der Waals surface area contributed by atoms with E-state index in [1.54, 1.807) is 0 Å². The molecule has 0 amide bonds. The van der Waals surface area contributed by atoms with Crippen LogP contribution >= 0.6 is 0 Å². The first-order valence-electron chi connectivity index (χ1n) is 8.62. The fourth-order valence-corrected chi connectivity index (χ4v) is 2.41. The van der Waals surface area contributed by atoms with Crippen LogP contribution < -0.4 is 9.47 Å². The maximum Gasteiger partial charge on any atom is 0.330 e. The van der Waals surface area contributed by atoms with E-state index in [0.29, 0.717) is 24.5 Å². The zero-order chi connectivity index (χ0) is 18.9. The molecule has 0 fully saturated rings. The minimum atomic E-state index is -0.410. The third kappa shape index (κ3) is 5.75. The average Bonchev–Trinajstić information content (AvgIpc) is 2.70. The van der Waals surface area contributed by atoms with E-state index in [9.17, 15) is 4.79 Å². The van der Waals surface area contributed by atoms with Gasteiger partial charge in [0.15, 0.2) is 0 Å². The number of hydrogen-bond acceptors (Lipinski definition) is 4. The third-order valence-corrected chi connectivity index (χ3v) is 3.75. The Morgan fingerprint density at radius 3 is 2.00 bits per heavy atom. The van der Waals surface area contributed by atoms with Crippen LogP contribution in [0, 0.1) is 0 Å². The van der Waals surface area contributed by atoms with Gasteiger partial charge in [-0.15, -0.1) is 0 Å². The molecule has 0 aliphatic carbocycles. The molecule has 0 N–H and O–H groups in total.